The van der Waals surface area contributed by atoms with Crippen molar-refractivity contribution in [1.82, 2.24) is 0 Å². The normalized spacial score (nSPS) is 23.5. The summed E-state index contributed by atoms with van der Waals surface area (Å²) in [6.07, 6.45) is 19.2. The molecule has 0 heterocycles. The van der Waals surface area contributed by atoms with Crippen molar-refractivity contribution < 1.29 is 26.7 Å². The summed E-state index contributed by atoms with van der Waals surface area (Å²) in [6, 6.07) is 0. The van der Waals surface area contributed by atoms with Crippen LogP contribution in [0.25, 0.3) is 0 Å². The van der Waals surface area contributed by atoms with Crippen LogP contribution >= 0.6 is 0 Å². The van der Waals surface area contributed by atoms with E-state index in [-0.39, 0.29) is 28.6 Å². The van der Waals surface area contributed by atoms with Gasteiger partial charge in [-0.15, -0.1) is 0 Å². The predicted octanol–water partition coefficient (Wildman–Crippen LogP) is 3.05. The summed E-state index contributed by atoms with van der Waals surface area (Å²) in [7, 11) is 0. The maximum atomic E-state index is 11.9. The van der Waals surface area contributed by atoms with Crippen LogP contribution in [0, 0.1) is 63.7 Å². The fourth-order valence-corrected chi connectivity index (χ4v) is 2.31. The average molecular weight is 322 g/mol. The largest absolute Gasteiger partial charge is 2.00 e. The molecule has 0 atom stereocenters. The monoisotopic (exact) mass is 322 g/mol. The fraction of sp³-hybridized carbons (Fsp3) is 0.222. The number of rotatable bonds is 1. The van der Waals surface area contributed by atoms with Crippen LogP contribution < -0.4 is 0 Å². The van der Waals surface area contributed by atoms with E-state index in [9.17, 15) is 9.59 Å². The van der Waals surface area contributed by atoms with E-state index in [1.54, 1.807) is 6.92 Å². The van der Waals surface area contributed by atoms with Crippen LogP contribution in [0.2, 0.25) is 0 Å². The molecule has 0 aliphatic heterocycles. The Bertz CT molecular complexity index is 380. The predicted molar refractivity (Wildman–Crippen MR) is 78.5 cm³/mol. The average Bonchev–Trinajstić information content (AvgIpc) is 3.13. The number of hydrogen-bond donors (Lipinski definition) is 0. The molecule has 21 heavy (non-hydrogen) atoms. The van der Waals surface area contributed by atoms with Crippen molar-refractivity contribution in [3.05, 3.63) is 74.9 Å². The zero-order chi connectivity index (χ0) is 14.4. The Balaban J connectivity index is 0.000000313. The number of ketones is 2. The first-order valence-electron chi connectivity index (χ1n) is 6.86. The van der Waals surface area contributed by atoms with Crippen LogP contribution in [-0.2, 0) is 26.7 Å². The zero-order valence-electron chi connectivity index (χ0n) is 12.0. The minimum atomic E-state index is 0. The summed E-state index contributed by atoms with van der Waals surface area (Å²) in [6.45, 7) is 1.76. The summed E-state index contributed by atoms with van der Waals surface area (Å²) >= 11 is 0. The van der Waals surface area contributed by atoms with Crippen LogP contribution in [0.4, 0.5) is 0 Å². The second-order valence-corrected chi connectivity index (χ2v) is 4.84. The Labute approximate surface area is 139 Å². The molecular weight excluding hydrogens is 304 g/mol. The van der Waals surface area contributed by atoms with Crippen molar-refractivity contribution >= 4 is 11.6 Å². The SMILES string of the molecule is CC1=C([C]2[CH][CH][CH][CH]2)C(=O)CCCC1=O.[CH]1[CH][CH][CH][CH]1.[Fe+2]. The van der Waals surface area contributed by atoms with Crippen molar-refractivity contribution in [3.63, 3.8) is 0 Å². The Morgan fingerprint density at radius 2 is 1.24 bits per heavy atom. The third-order valence-corrected chi connectivity index (χ3v) is 3.39. The standard InChI is InChI=1S/C13H13O2.C5H5.Fe/c1-9-11(14)7-4-8-12(15)13(9)10-5-2-3-6-10;1-2-4-5-3-1;/h2-3,5-6H,4,7-8H2,1H3;1-5H;/q;;+2. The molecule has 2 saturated carbocycles. The second kappa shape index (κ2) is 9.58. The van der Waals surface area contributed by atoms with Crippen molar-refractivity contribution in [2.24, 2.45) is 0 Å². The third-order valence-electron chi connectivity index (χ3n) is 3.39. The molecule has 0 aromatic heterocycles. The number of Topliss-reactive ketones (excluding diaryl/α,β-unsaturated/α-hetero) is 2. The van der Waals surface area contributed by atoms with Gasteiger partial charge < -0.3 is 0 Å². The van der Waals surface area contributed by atoms with E-state index in [4.69, 9.17) is 0 Å². The quantitative estimate of drug-likeness (QED) is 0.696. The van der Waals surface area contributed by atoms with Crippen LogP contribution in [0.1, 0.15) is 26.2 Å². The second-order valence-electron chi connectivity index (χ2n) is 4.84. The molecule has 3 aliphatic rings. The van der Waals surface area contributed by atoms with Crippen molar-refractivity contribution in [3.8, 4) is 0 Å². The van der Waals surface area contributed by atoms with Crippen molar-refractivity contribution in [2.45, 2.75) is 26.2 Å². The molecule has 0 spiro atoms. The smallest absolute Gasteiger partial charge is 0.295 e. The van der Waals surface area contributed by atoms with Gasteiger partial charge in [-0.3, -0.25) is 9.59 Å². The molecule has 3 aliphatic carbocycles. The molecule has 3 heteroatoms. The molecule has 2 nitrogen and oxygen atoms in total. The first-order valence-corrected chi connectivity index (χ1v) is 6.86. The van der Waals surface area contributed by atoms with Crippen LogP contribution in [0.15, 0.2) is 11.1 Å². The van der Waals surface area contributed by atoms with Gasteiger partial charge in [-0.25, -0.2) is 0 Å². The van der Waals surface area contributed by atoms with E-state index < -0.39 is 0 Å². The molecule has 3 rings (SSSR count). The molecular formula is C18H18FeO2+2. The van der Waals surface area contributed by atoms with E-state index in [2.05, 4.69) is 0 Å². The van der Waals surface area contributed by atoms with Gasteiger partial charge in [0.25, 0.3) is 0 Å². The maximum absolute atomic E-state index is 11.9. The van der Waals surface area contributed by atoms with Crippen molar-refractivity contribution in [1.29, 1.82) is 0 Å². The van der Waals surface area contributed by atoms with Crippen molar-refractivity contribution in [2.75, 3.05) is 0 Å². The molecule has 0 unspecified atom stereocenters. The van der Waals surface area contributed by atoms with Gasteiger partial charge in [0.2, 0.25) is 0 Å². The summed E-state index contributed by atoms with van der Waals surface area (Å²) in [5, 5.41) is 0. The maximum Gasteiger partial charge on any atom is 2.00 e. The Morgan fingerprint density at radius 3 is 1.76 bits per heavy atom. The van der Waals surface area contributed by atoms with Gasteiger partial charge in [0, 0.05) is 24.3 Å². The van der Waals surface area contributed by atoms with Crippen LogP contribution in [0.3, 0.4) is 0 Å². The van der Waals surface area contributed by atoms with E-state index in [0.29, 0.717) is 30.4 Å². The topological polar surface area (TPSA) is 34.1 Å². The molecule has 0 bridgehead atoms. The fourth-order valence-electron chi connectivity index (χ4n) is 2.31. The summed E-state index contributed by atoms with van der Waals surface area (Å²) < 4.78 is 0. The first kappa shape index (κ1) is 18.6. The summed E-state index contributed by atoms with van der Waals surface area (Å²) in [4.78, 5) is 23.5. The Hall–Kier alpha value is -0.401. The molecule has 10 radical (unpaired) electrons. The summed E-state index contributed by atoms with van der Waals surface area (Å²) in [5.41, 5.74) is 1.26. The zero-order valence-corrected chi connectivity index (χ0v) is 13.1. The molecule has 0 N–H and O–H groups in total. The minimum Gasteiger partial charge on any atom is -0.295 e. The van der Waals surface area contributed by atoms with E-state index in [1.807, 2.05) is 57.8 Å². The van der Waals surface area contributed by atoms with E-state index >= 15 is 0 Å². The van der Waals surface area contributed by atoms with Crippen LogP contribution in [-0.4, -0.2) is 11.6 Å². The number of carbonyl (C=O) groups is 2. The molecule has 2 fully saturated rings. The van der Waals surface area contributed by atoms with Gasteiger partial charge in [-0.05, 0) is 76.7 Å². The minimum absolute atomic E-state index is 0. The number of allylic oxidation sites excluding steroid dienone is 2. The molecule has 108 valence electrons. The molecule has 0 amide bonds. The Kier molecular flexibility index (Phi) is 8.51. The molecule has 0 saturated heterocycles. The van der Waals surface area contributed by atoms with Crippen LogP contribution in [0.5, 0.6) is 0 Å². The van der Waals surface area contributed by atoms with Gasteiger partial charge in [0.15, 0.2) is 11.6 Å². The summed E-state index contributed by atoms with van der Waals surface area (Å²) in [5.74, 6) is 1.09. The van der Waals surface area contributed by atoms with Gasteiger partial charge in [-0.2, -0.15) is 0 Å². The molecule has 0 aromatic carbocycles. The number of carbonyl (C=O) groups excluding carboxylic acids is 2. The van der Waals surface area contributed by atoms with Gasteiger partial charge in [-0.1, -0.05) is 0 Å². The van der Waals surface area contributed by atoms with Gasteiger partial charge >= 0.3 is 17.1 Å². The third kappa shape index (κ3) is 5.38. The van der Waals surface area contributed by atoms with E-state index in [0.717, 1.165) is 5.92 Å². The van der Waals surface area contributed by atoms with Gasteiger partial charge in [0.1, 0.15) is 0 Å². The first-order chi connectivity index (χ1) is 9.70. The number of hydrogen-bond acceptors (Lipinski definition) is 2. The van der Waals surface area contributed by atoms with E-state index in [1.165, 1.54) is 0 Å². The molecule has 0 aromatic rings. The Morgan fingerprint density at radius 1 is 0.762 bits per heavy atom. The van der Waals surface area contributed by atoms with Gasteiger partial charge in [0.05, 0.1) is 0 Å².